The number of ether oxygens (including phenoxy) is 3. The molecule has 0 saturated carbocycles. The lowest BCUT2D eigenvalue weighted by Crippen LogP contribution is -2.52. The molecule has 0 aromatic heterocycles. The van der Waals surface area contributed by atoms with E-state index in [4.69, 9.17) is 14.2 Å². The number of hydrogen-bond donors (Lipinski definition) is 0. The maximum Gasteiger partial charge on any atom is 0.261 e. The molecule has 0 aliphatic heterocycles. The van der Waals surface area contributed by atoms with Gasteiger partial charge in [0.25, 0.3) is 5.79 Å². The summed E-state index contributed by atoms with van der Waals surface area (Å²) in [4.78, 5) is 11.9. The molecule has 0 saturated heterocycles. The molecule has 0 atom stereocenters. The second-order valence-electron chi connectivity index (χ2n) is 4.09. The molecule has 2 rings (SSSR count). The molecular weight excluding hydrogens is 232 g/mol. The van der Waals surface area contributed by atoms with Crippen molar-refractivity contribution < 1.29 is 19.0 Å². The van der Waals surface area contributed by atoms with Crippen LogP contribution in [0.3, 0.4) is 0 Å². The van der Waals surface area contributed by atoms with Crippen molar-refractivity contribution in [2.45, 2.75) is 12.7 Å². The van der Waals surface area contributed by atoms with Gasteiger partial charge in [0, 0.05) is 25.4 Å². The number of carbonyl (C=O) groups is 1. The van der Waals surface area contributed by atoms with Crippen molar-refractivity contribution in [1.82, 2.24) is 0 Å². The molecule has 1 aromatic carbocycles. The number of Topliss-reactive ketones (excluding diaryl/α,β-unsaturated/α-hetero) is 1. The predicted molar refractivity (Wildman–Crippen MR) is 67.3 cm³/mol. The van der Waals surface area contributed by atoms with E-state index in [1.165, 1.54) is 14.2 Å². The zero-order valence-corrected chi connectivity index (χ0v) is 10.9. The molecule has 4 nitrogen and oxygen atoms in total. The topological polar surface area (TPSA) is 44.8 Å². The van der Waals surface area contributed by atoms with Gasteiger partial charge >= 0.3 is 0 Å². The molecule has 0 amide bonds. The van der Waals surface area contributed by atoms with Gasteiger partial charge in [-0.15, -0.1) is 0 Å². The van der Waals surface area contributed by atoms with Crippen LogP contribution in [-0.2, 0) is 14.3 Å². The van der Waals surface area contributed by atoms with Crippen LogP contribution in [0.25, 0.3) is 5.57 Å². The molecule has 1 aliphatic carbocycles. The summed E-state index contributed by atoms with van der Waals surface area (Å²) in [7, 11) is 4.54. The molecule has 0 fully saturated rings. The Morgan fingerprint density at radius 2 is 1.78 bits per heavy atom. The predicted octanol–water partition coefficient (Wildman–Crippen LogP) is 2.04. The van der Waals surface area contributed by atoms with Gasteiger partial charge in [0.15, 0.2) is 0 Å². The first-order valence-corrected chi connectivity index (χ1v) is 5.61. The van der Waals surface area contributed by atoms with Crippen LogP contribution in [0.1, 0.15) is 12.5 Å². The van der Waals surface area contributed by atoms with Crippen molar-refractivity contribution >= 4 is 11.4 Å². The van der Waals surface area contributed by atoms with E-state index >= 15 is 0 Å². The number of benzene rings is 1. The minimum absolute atomic E-state index is 0.134. The van der Waals surface area contributed by atoms with Crippen LogP contribution in [-0.4, -0.2) is 32.9 Å². The van der Waals surface area contributed by atoms with Gasteiger partial charge in [-0.25, -0.2) is 0 Å². The average Bonchev–Trinajstić information content (AvgIpc) is 2.43. The van der Waals surface area contributed by atoms with E-state index in [0.29, 0.717) is 5.57 Å². The minimum atomic E-state index is -1.27. The molecule has 1 aliphatic rings. The molecule has 0 heterocycles. The van der Waals surface area contributed by atoms with Crippen molar-refractivity contribution in [3.05, 3.63) is 35.4 Å². The highest BCUT2D eigenvalue weighted by molar-refractivity contribution is 6.23. The summed E-state index contributed by atoms with van der Waals surface area (Å²) in [6, 6.07) is 7.48. The van der Waals surface area contributed by atoms with Gasteiger partial charge in [-0.2, -0.15) is 0 Å². The molecule has 0 N–H and O–H groups in total. The van der Waals surface area contributed by atoms with Gasteiger partial charge in [-0.3, -0.25) is 4.79 Å². The minimum Gasteiger partial charge on any atom is -0.497 e. The molecule has 96 valence electrons. The van der Waals surface area contributed by atoms with E-state index < -0.39 is 5.79 Å². The van der Waals surface area contributed by atoms with Gasteiger partial charge in [-0.05, 0) is 24.6 Å². The number of ketones is 1. The number of rotatable bonds is 4. The first-order chi connectivity index (χ1) is 8.60. The van der Waals surface area contributed by atoms with Gasteiger partial charge < -0.3 is 14.2 Å². The van der Waals surface area contributed by atoms with E-state index in [9.17, 15) is 4.79 Å². The van der Waals surface area contributed by atoms with Crippen LogP contribution in [0.15, 0.2) is 29.8 Å². The Kier molecular flexibility index (Phi) is 3.24. The fourth-order valence-corrected chi connectivity index (χ4v) is 2.32. The Bertz CT molecular complexity index is 512. The molecule has 0 bridgehead atoms. The lowest BCUT2D eigenvalue weighted by Gasteiger charge is -2.40. The van der Waals surface area contributed by atoms with E-state index in [0.717, 1.165) is 16.9 Å². The van der Waals surface area contributed by atoms with E-state index in [1.807, 2.05) is 24.3 Å². The van der Waals surface area contributed by atoms with Gasteiger partial charge in [0.05, 0.1) is 7.11 Å². The lowest BCUT2D eigenvalue weighted by molar-refractivity contribution is -0.184. The van der Waals surface area contributed by atoms with Crippen molar-refractivity contribution in [1.29, 1.82) is 0 Å². The molecule has 0 unspecified atom stereocenters. The van der Waals surface area contributed by atoms with Crippen molar-refractivity contribution in [2.24, 2.45) is 0 Å². The van der Waals surface area contributed by atoms with Gasteiger partial charge in [0.1, 0.15) is 5.75 Å². The van der Waals surface area contributed by atoms with Crippen LogP contribution >= 0.6 is 0 Å². The van der Waals surface area contributed by atoms with Crippen LogP contribution in [0.4, 0.5) is 0 Å². The largest absolute Gasteiger partial charge is 0.497 e. The van der Waals surface area contributed by atoms with Gasteiger partial charge in [0.2, 0.25) is 5.78 Å². The van der Waals surface area contributed by atoms with Gasteiger partial charge in [-0.1, -0.05) is 12.1 Å². The highest BCUT2D eigenvalue weighted by Crippen LogP contribution is 2.45. The maximum atomic E-state index is 11.9. The monoisotopic (exact) mass is 248 g/mol. The Balaban J connectivity index is 2.52. The average molecular weight is 248 g/mol. The second-order valence-corrected chi connectivity index (χ2v) is 4.09. The molecule has 0 spiro atoms. The highest BCUT2D eigenvalue weighted by Gasteiger charge is 2.54. The SMILES string of the molecule is COc1cccc(C2=C(C)C(=O)C2(OC)OC)c1. The molecular formula is C14H16O4. The number of methoxy groups -OCH3 is 3. The molecule has 18 heavy (non-hydrogen) atoms. The highest BCUT2D eigenvalue weighted by atomic mass is 16.7. The Morgan fingerprint density at radius 1 is 1.11 bits per heavy atom. The van der Waals surface area contributed by atoms with E-state index in [-0.39, 0.29) is 5.78 Å². The van der Waals surface area contributed by atoms with Crippen LogP contribution in [0.5, 0.6) is 5.75 Å². The Morgan fingerprint density at radius 3 is 2.33 bits per heavy atom. The zero-order chi connectivity index (χ0) is 13.3. The lowest BCUT2D eigenvalue weighted by atomic mass is 9.77. The summed E-state index contributed by atoms with van der Waals surface area (Å²) in [6.45, 7) is 1.77. The first-order valence-electron chi connectivity index (χ1n) is 5.61. The third-order valence-corrected chi connectivity index (χ3v) is 3.28. The van der Waals surface area contributed by atoms with Crippen LogP contribution in [0, 0.1) is 0 Å². The molecule has 4 heteroatoms. The summed E-state index contributed by atoms with van der Waals surface area (Å²) in [5.74, 6) is -0.672. The first kappa shape index (κ1) is 12.8. The second kappa shape index (κ2) is 4.55. The third-order valence-electron chi connectivity index (χ3n) is 3.28. The third kappa shape index (κ3) is 1.57. The zero-order valence-electron chi connectivity index (χ0n) is 10.9. The van der Waals surface area contributed by atoms with Crippen molar-refractivity contribution in [2.75, 3.05) is 21.3 Å². The Hall–Kier alpha value is -1.65. The van der Waals surface area contributed by atoms with Crippen molar-refractivity contribution in [3.63, 3.8) is 0 Å². The van der Waals surface area contributed by atoms with E-state index in [1.54, 1.807) is 14.0 Å². The summed E-state index contributed by atoms with van der Waals surface area (Å²) in [5.41, 5.74) is 2.29. The summed E-state index contributed by atoms with van der Waals surface area (Å²) in [5, 5.41) is 0. The summed E-state index contributed by atoms with van der Waals surface area (Å²) in [6.07, 6.45) is 0. The normalized spacial score (nSPS) is 17.7. The maximum absolute atomic E-state index is 11.9. The number of hydrogen-bond acceptors (Lipinski definition) is 4. The molecule has 1 aromatic rings. The quantitative estimate of drug-likeness (QED) is 0.765. The fourth-order valence-electron chi connectivity index (χ4n) is 2.32. The fraction of sp³-hybridized carbons (Fsp3) is 0.357. The van der Waals surface area contributed by atoms with Crippen LogP contribution < -0.4 is 4.74 Å². The van der Waals surface area contributed by atoms with E-state index in [2.05, 4.69) is 0 Å². The summed E-state index contributed by atoms with van der Waals surface area (Å²) >= 11 is 0. The number of carbonyl (C=O) groups excluding carboxylic acids is 1. The smallest absolute Gasteiger partial charge is 0.261 e. The van der Waals surface area contributed by atoms with Crippen molar-refractivity contribution in [3.8, 4) is 5.75 Å². The van der Waals surface area contributed by atoms with Crippen LogP contribution in [0.2, 0.25) is 0 Å². The summed E-state index contributed by atoms with van der Waals surface area (Å²) < 4.78 is 15.7. The Labute approximate surface area is 106 Å². The standard InChI is InChI=1S/C14H16O4/c1-9-12(14(17-3,18-4)13(9)15)10-6-5-7-11(8-10)16-2/h5-8H,1-4H3. The molecule has 0 radical (unpaired) electrons.